The van der Waals surface area contributed by atoms with Crippen LogP contribution >= 0.6 is 0 Å². The quantitative estimate of drug-likeness (QED) is 0.429. The van der Waals surface area contributed by atoms with Crippen LogP contribution in [0.25, 0.3) is 0 Å². The molecule has 0 aromatic heterocycles. The Hall–Kier alpha value is -1.96. The van der Waals surface area contributed by atoms with Crippen LogP contribution in [-0.4, -0.2) is 46.3 Å². The Kier molecular flexibility index (Phi) is 3.56. The summed E-state index contributed by atoms with van der Waals surface area (Å²) < 4.78 is 8.49. The average Bonchev–Trinajstić information content (AvgIpc) is 2.43. The van der Waals surface area contributed by atoms with E-state index >= 15 is 0 Å². The second kappa shape index (κ2) is 4.71. The van der Waals surface area contributed by atoms with Gasteiger partial charge in [-0.25, -0.2) is 9.59 Å². The highest BCUT2D eigenvalue weighted by Gasteiger charge is 2.38. The first-order chi connectivity index (χ1) is 7.40. The predicted molar refractivity (Wildman–Crippen MR) is 43.9 cm³/mol. The minimum atomic E-state index is -1.87. The molecular formula is C8H8O8. The summed E-state index contributed by atoms with van der Waals surface area (Å²) in [5, 5.41) is 17.3. The van der Waals surface area contributed by atoms with Gasteiger partial charge in [-0.2, -0.15) is 0 Å². The maximum atomic E-state index is 11.0. The van der Waals surface area contributed by atoms with Gasteiger partial charge in [-0.05, 0) is 0 Å². The van der Waals surface area contributed by atoms with Crippen molar-refractivity contribution in [2.24, 2.45) is 0 Å². The Morgan fingerprint density at radius 3 is 2.56 bits per heavy atom. The number of carboxylic acids is 1. The Bertz CT molecular complexity index is 346. The molecule has 1 saturated heterocycles. The number of aliphatic hydroxyl groups is 1. The first kappa shape index (κ1) is 12.1. The maximum absolute atomic E-state index is 11.0. The summed E-state index contributed by atoms with van der Waals surface area (Å²) >= 11 is 0. The van der Waals surface area contributed by atoms with Gasteiger partial charge in [0.1, 0.15) is 0 Å². The zero-order valence-corrected chi connectivity index (χ0v) is 7.91. The molecule has 0 aromatic carbocycles. The molecule has 2 unspecified atom stereocenters. The second-order valence-corrected chi connectivity index (χ2v) is 3.04. The molecule has 0 bridgehead atoms. The number of rotatable bonds is 4. The van der Waals surface area contributed by atoms with E-state index in [1.807, 2.05) is 0 Å². The summed E-state index contributed by atoms with van der Waals surface area (Å²) in [6.45, 7) is 0. The first-order valence-electron chi connectivity index (χ1n) is 4.25. The van der Waals surface area contributed by atoms with Crippen LogP contribution in [0.15, 0.2) is 0 Å². The highest BCUT2D eigenvalue weighted by atomic mass is 16.6. The van der Waals surface area contributed by atoms with Gasteiger partial charge < -0.3 is 19.7 Å². The van der Waals surface area contributed by atoms with Crippen molar-refractivity contribution >= 4 is 23.9 Å². The molecule has 1 rings (SSSR count). The summed E-state index contributed by atoms with van der Waals surface area (Å²) in [6, 6.07) is 0. The summed E-state index contributed by atoms with van der Waals surface area (Å²) in [5.74, 6) is -4.54. The van der Waals surface area contributed by atoms with E-state index in [4.69, 9.17) is 10.2 Å². The molecule has 16 heavy (non-hydrogen) atoms. The minimum Gasteiger partial charge on any atom is -0.481 e. The number of esters is 3. The average molecular weight is 232 g/mol. The monoisotopic (exact) mass is 232 g/mol. The van der Waals surface area contributed by atoms with Gasteiger partial charge in [0.2, 0.25) is 6.10 Å². The number of hydrogen-bond donors (Lipinski definition) is 2. The molecule has 1 aliphatic rings. The fourth-order valence-electron chi connectivity index (χ4n) is 1.01. The van der Waals surface area contributed by atoms with Crippen molar-refractivity contribution in [3.05, 3.63) is 0 Å². The molecule has 2 atom stereocenters. The minimum absolute atomic E-state index is 0.426. The van der Waals surface area contributed by atoms with Crippen LogP contribution in [0.5, 0.6) is 0 Å². The number of ether oxygens (including phenoxy) is 2. The molecule has 1 aliphatic heterocycles. The summed E-state index contributed by atoms with van der Waals surface area (Å²) in [7, 11) is 0. The third kappa shape index (κ3) is 3.02. The summed E-state index contributed by atoms with van der Waals surface area (Å²) in [5.41, 5.74) is 0. The zero-order chi connectivity index (χ0) is 12.3. The normalized spacial score (nSPS) is 21.4. The lowest BCUT2D eigenvalue weighted by Crippen LogP contribution is -2.31. The molecule has 1 fully saturated rings. The van der Waals surface area contributed by atoms with Gasteiger partial charge in [-0.3, -0.25) is 9.59 Å². The van der Waals surface area contributed by atoms with Crippen LogP contribution in [0.4, 0.5) is 0 Å². The fourth-order valence-corrected chi connectivity index (χ4v) is 1.01. The van der Waals surface area contributed by atoms with E-state index in [-0.39, 0.29) is 0 Å². The van der Waals surface area contributed by atoms with E-state index < -0.39 is 48.9 Å². The molecule has 8 nitrogen and oxygen atoms in total. The Balaban J connectivity index is 2.48. The molecule has 88 valence electrons. The summed E-state index contributed by atoms with van der Waals surface area (Å²) in [4.78, 5) is 42.6. The standard InChI is InChI=1S/C8H8O8/c9-3(1-5(10)11)7(13)15-4-2-6(12)16-8(4)14/h3-4,9H,1-2H2,(H,10,11). The van der Waals surface area contributed by atoms with Crippen LogP contribution < -0.4 is 0 Å². The van der Waals surface area contributed by atoms with E-state index in [0.717, 1.165) is 0 Å². The predicted octanol–water partition coefficient (Wildman–Crippen LogP) is -1.79. The molecule has 2 N–H and O–H groups in total. The van der Waals surface area contributed by atoms with E-state index in [9.17, 15) is 19.2 Å². The van der Waals surface area contributed by atoms with Crippen LogP contribution in [0, 0.1) is 0 Å². The third-order valence-corrected chi connectivity index (χ3v) is 1.73. The number of cyclic esters (lactones) is 2. The van der Waals surface area contributed by atoms with Crippen LogP contribution in [0.2, 0.25) is 0 Å². The van der Waals surface area contributed by atoms with E-state index in [1.54, 1.807) is 0 Å². The van der Waals surface area contributed by atoms with Crippen molar-refractivity contribution in [3.63, 3.8) is 0 Å². The Morgan fingerprint density at radius 1 is 1.50 bits per heavy atom. The van der Waals surface area contributed by atoms with Crippen molar-refractivity contribution < 1.29 is 38.9 Å². The van der Waals surface area contributed by atoms with Gasteiger partial charge in [0.15, 0.2) is 6.10 Å². The molecule has 8 heteroatoms. The van der Waals surface area contributed by atoms with Gasteiger partial charge in [0.05, 0.1) is 12.8 Å². The van der Waals surface area contributed by atoms with Crippen LogP contribution in [0.3, 0.4) is 0 Å². The molecule has 0 saturated carbocycles. The van der Waals surface area contributed by atoms with Gasteiger partial charge in [0, 0.05) is 0 Å². The van der Waals surface area contributed by atoms with Gasteiger partial charge in [0.25, 0.3) is 0 Å². The number of carbonyl (C=O) groups excluding carboxylic acids is 3. The maximum Gasteiger partial charge on any atom is 0.355 e. The second-order valence-electron chi connectivity index (χ2n) is 3.04. The highest BCUT2D eigenvalue weighted by molar-refractivity contribution is 5.97. The van der Waals surface area contributed by atoms with Crippen LogP contribution in [0.1, 0.15) is 12.8 Å². The van der Waals surface area contributed by atoms with Gasteiger partial charge >= 0.3 is 23.9 Å². The Morgan fingerprint density at radius 2 is 2.12 bits per heavy atom. The number of aliphatic carboxylic acids is 1. The lowest BCUT2D eigenvalue weighted by Gasteiger charge is -2.10. The molecule has 0 aliphatic carbocycles. The van der Waals surface area contributed by atoms with Gasteiger partial charge in [-0.15, -0.1) is 0 Å². The zero-order valence-electron chi connectivity index (χ0n) is 7.91. The van der Waals surface area contributed by atoms with E-state index in [0.29, 0.717) is 0 Å². The SMILES string of the molecule is O=C(O)CC(O)C(=O)OC1CC(=O)OC1=O. The molecular weight excluding hydrogens is 224 g/mol. The third-order valence-electron chi connectivity index (χ3n) is 1.73. The Labute approximate surface area is 88.7 Å². The lowest BCUT2D eigenvalue weighted by molar-refractivity contribution is -0.169. The molecule has 0 amide bonds. The number of hydrogen-bond acceptors (Lipinski definition) is 7. The van der Waals surface area contributed by atoms with Gasteiger partial charge in [-0.1, -0.05) is 0 Å². The lowest BCUT2D eigenvalue weighted by atomic mass is 10.2. The van der Waals surface area contributed by atoms with Crippen molar-refractivity contribution in [2.75, 3.05) is 0 Å². The number of carbonyl (C=O) groups is 4. The topological polar surface area (TPSA) is 127 Å². The fraction of sp³-hybridized carbons (Fsp3) is 0.500. The van der Waals surface area contributed by atoms with Crippen molar-refractivity contribution in [1.29, 1.82) is 0 Å². The molecule has 1 heterocycles. The largest absolute Gasteiger partial charge is 0.481 e. The van der Waals surface area contributed by atoms with Crippen LogP contribution in [-0.2, 0) is 28.7 Å². The smallest absolute Gasteiger partial charge is 0.355 e. The van der Waals surface area contributed by atoms with E-state index in [1.165, 1.54) is 0 Å². The van der Waals surface area contributed by atoms with E-state index in [2.05, 4.69) is 9.47 Å². The summed E-state index contributed by atoms with van der Waals surface area (Å²) in [6.07, 6.45) is -4.54. The van der Waals surface area contributed by atoms with Crippen molar-refractivity contribution in [1.82, 2.24) is 0 Å². The van der Waals surface area contributed by atoms with Crippen molar-refractivity contribution in [3.8, 4) is 0 Å². The first-order valence-corrected chi connectivity index (χ1v) is 4.25. The molecule has 0 radical (unpaired) electrons. The molecule has 0 aromatic rings. The van der Waals surface area contributed by atoms with Crippen molar-refractivity contribution in [2.45, 2.75) is 25.0 Å². The molecule has 0 spiro atoms. The number of aliphatic hydroxyl groups excluding tert-OH is 1. The number of carboxylic acid groups (broad SMARTS) is 1. The highest BCUT2D eigenvalue weighted by Crippen LogP contribution is 2.13.